The summed E-state index contributed by atoms with van der Waals surface area (Å²) in [5.74, 6) is -0.537. The summed E-state index contributed by atoms with van der Waals surface area (Å²) >= 11 is 0. The van der Waals surface area contributed by atoms with Crippen molar-refractivity contribution < 1.29 is 110 Å². The average molecular weight is 665 g/mol. The Labute approximate surface area is 206 Å². The maximum Gasteiger partial charge on any atom is 0 e. The quantitative estimate of drug-likeness (QED) is 0.101. The summed E-state index contributed by atoms with van der Waals surface area (Å²) in [5, 5.41) is 0. The van der Waals surface area contributed by atoms with Crippen LogP contribution in [0.1, 0.15) is 0 Å². The summed E-state index contributed by atoms with van der Waals surface area (Å²) < 4.78 is 71.7. The fourth-order valence-corrected chi connectivity index (χ4v) is 0.161. The molecule has 0 aliphatic carbocycles. The normalized spacial score (nSPS) is 3.14. The number of rotatable bonds is 2. The summed E-state index contributed by atoms with van der Waals surface area (Å²) in [7, 11) is 1.28. The third-order valence-electron chi connectivity index (χ3n) is 0.462. The average Bonchev–Trinajstić information content (AvgIpc) is 2.84. The Morgan fingerprint density at radius 1 is 0.655 bits per heavy atom. The molecule has 0 aliphatic heterocycles. The predicted molar refractivity (Wildman–Crippen MR) is 64.1 cm³/mol. The fourth-order valence-electron chi connectivity index (χ4n) is 0.161. The Morgan fingerprint density at radius 2 is 0.828 bits per heavy atom. The van der Waals surface area contributed by atoms with Crippen molar-refractivity contribution in [2.24, 2.45) is 0 Å². The Bertz CT molecular complexity index is 354. The van der Waals surface area contributed by atoms with E-state index >= 15 is 0 Å². The van der Waals surface area contributed by atoms with Gasteiger partial charge in [-0.1, -0.05) is 12.7 Å². The van der Waals surface area contributed by atoms with Gasteiger partial charge in [0.1, 0.15) is 0 Å². The molecule has 0 bridgehead atoms. The van der Waals surface area contributed by atoms with Crippen LogP contribution in [0.2, 0.25) is 0 Å². The third-order valence-corrected chi connectivity index (χ3v) is 0.462. The molecule has 0 rings (SSSR count). The van der Waals surface area contributed by atoms with Gasteiger partial charge < -0.3 is 4.74 Å². The van der Waals surface area contributed by atoms with Crippen molar-refractivity contribution in [3.63, 3.8) is 0 Å². The molecule has 0 atom stereocenters. The molecule has 0 amide bonds. The molecule has 0 aromatic carbocycles. The van der Waals surface area contributed by atoms with Crippen LogP contribution in [0, 0.1) is 72.0 Å². The molecule has 0 aliphatic rings. The van der Waals surface area contributed by atoms with Gasteiger partial charge in [-0.25, -0.2) is 4.79 Å². The van der Waals surface area contributed by atoms with Gasteiger partial charge in [-0.3, -0.25) is 0 Å². The molecule has 0 aromatic heterocycles. The molecular weight excluding hydrogens is 659 g/mol. The zero-order chi connectivity index (χ0) is 24.4. The first kappa shape index (κ1) is 91.9. The summed E-state index contributed by atoms with van der Waals surface area (Å²) in [6.07, 6.45) is 5.82. The molecule has 14 heteroatoms. The van der Waals surface area contributed by atoms with Crippen LogP contribution in [0.3, 0.4) is 0 Å². The number of methoxy groups -OCH3 is 1. The van der Waals surface area contributed by atoms with E-state index in [1.54, 1.807) is 0 Å². The summed E-state index contributed by atoms with van der Waals surface area (Å²) in [6.45, 7) is 43.8. The van der Waals surface area contributed by atoms with Crippen molar-refractivity contribution in [1.29, 1.82) is 0 Å². The molecular formula is C15H6O11Ru3. The van der Waals surface area contributed by atoms with Gasteiger partial charge in [0.25, 0.3) is 0 Å². The first-order valence-corrected chi connectivity index (χ1v) is 3.85. The van der Waals surface area contributed by atoms with Crippen molar-refractivity contribution in [2.75, 3.05) is 7.11 Å². The molecule has 0 fully saturated rings. The topological polar surface area (TPSA) is 205 Å². The Balaban J connectivity index is -0.00000000970. The molecule has 29 heavy (non-hydrogen) atoms. The van der Waals surface area contributed by atoms with Crippen molar-refractivity contribution >= 4 is 5.97 Å². The second-order valence-electron chi connectivity index (χ2n) is 0.965. The van der Waals surface area contributed by atoms with Crippen LogP contribution >= 0.6 is 0 Å². The van der Waals surface area contributed by atoms with E-state index < -0.39 is 5.97 Å². The van der Waals surface area contributed by atoms with Gasteiger partial charge >= 0.3 is 108 Å². The minimum atomic E-state index is -0.537. The van der Waals surface area contributed by atoms with E-state index in [0.717, 1.165) is 0 Å². The number of ether oxygens (including phenoxy) is 1. The van der Waals surface area contributed by atoms with Gasteiger partial charge in [-0.2, -0.15) is 0 Å². The van der Waals surface area contributed by atoms with Crippen LogP contribution in [0.25, 0.3) is 0 Å². The molecule has 0 aromatic rings. The summed E-state index contributed by atoms with van der Waals surface area (Å²) in [5.41, 5.74) is 0. The van der Waals surface area contributed by atoms with Crippen LogP contribution < -0.4 is 0 Å². The molecule has 0 saturated carbocycles. The predicted octanol–water partition coefficient (Wildman–Crippen LogP) is 0.163. The maximum absolute atomic E-state index is 10.1. The number of hydrogen-bond acceptors (Lipinski definition) is 2. The van der Waals surface area contributed by atoms with Crippen molar-refractivity contribution in [1.82, 2.24) is 0 Å². The number of carbonyl (C=O) groups is 1. The van der Waals surface area contributed by atoms with Gasteiger partial charge in [0.2, 0.25) is 0 Å². The number of esters is 1. The van der Waals surface area contributed by atoms with E-state index in [0.29, 0.717) is 0 Å². The summed E-state index contributed by atoms with van der Waals surface area (Å²) in [6, 6.07) is 0. The van der Waals surface area contributed by atoms with Gasteiger partial charge in [-0.15, -0.1) is 0 Å². The van der Waals surface area contributed by atoms with E-state index in [9.17, 15) is 4.79 Å². The van der Waals surface area contributed by atoms with Crippen LogP contribution in [-0.4, -0.2) is 13.1 Å². The molecule has 0 N–H and O–H groups in total. The zero-order valence-electron chi connectivity index (χ0n) is 13.8. The van der Waals surface area contributed by atoms with Crippen LogP contribution in [0.4, 0.5) is 0 Å². The van der Waals surface area contributed by atoms with Crippen molar-refractivity contribution in [2.45, 2.75) is 0 Å². The van der Waals surface area contributed by atoms with Crippen molar-refractivity contribution in [3.05, 3.63) is 84.7 Å². The maximum atomic E-state index is 10.1. The zero-order valence-corrected chi connectivity index (χ0v) is 19.1. The number of carbonyl (C=O) groups excluding carboxylic acids is 1. The molecule has 2 radical (unpaired) electrons. The Hall–Kier alpha value is -1.52. The largest absolute Gasteiger partial charge is 0 e. The van der Waals surface area contributed by atoms with E-state index in [-0.39, 0.29) is 58.4 Å². The first-order valence-electron chi connectivity index (χ1n) is 3.85. The molecule has 0 spiro atoms. The fraction of sp³-hybridized carbons (Fsp3) is 0.0667. The van der Waals surface area contributed by atoms with E-state index in [1.807, 2.05) is 0 Å². The molecule has 11 nitrogen and oxygen atoms in total. The SMILES string of the molecule is C=C[C]=[C]C(=O)OC.[C-]#[O+].[C-]#[O+].[C-]#[O+].[C-]#[O+].[C-]#[O+].[C-]#[O+].[C-]#[O+].[C-]#[O+].[C-]#[O+].[Ru].[Ru].[Ru]. The van der Waals surface area contributed by atoms with Gasteiger partial charge in [0.15, 0.2) is 0 Å². The number of hydrogen-bond donors (Lipinski definition) is 0. The summed E-state index contributed by atoms with van der Waals surface area (Å²) in [4.78, 5) is 10.1. The smallest absolute Gasteiger partial charge is 0 e. The first-order chi connectivity index (χ1) is 12.8. The van der Waals surface area contributed by atoms with Gasteiger partial charge in [-0.05, 0) is 6.08 Å². The van der Waals surface area contributed by atoms with E-state index in [4.69, 9.17) is 41.9 Å². The minimum Gasteiger partial charge on any atom is 0 e. The molecule has 0 unspecified atom stereocenters. The van der Waals surface area contributed by atoms with Gasteiger partial charge in [0, 0.05) is 58.4 Å². The van der Waals surface area contributed by atoms with E-state index in [1.165, 1.54) is 13.2 Å². The van der Waals surface area contributed by atoms with Crippen LogP contribution in [0.5, 0.6) is 0 Å². The Morgan fingerprint density at radius 3 is 0.931 bits per heavy atom. The molecule has 0 heterocycles. The van der Waals surface area contributed by atoms with Crippen LogP contribution in [-0.2, 0) is 110 Å². The van der Waals surface area contributed by atoms with Crippen LogP contribution in [0.15, 0.2) is 12.7 Å². The second kappa shape index (κ2) is 572. The Kier molecular flexibility index (Phi) is 1810. The molecule has 156 valence electrons. The van der Waals surface area contributed by atoms with E-state index in [2.05, 4.69) is 83.3 Å². The van der Waals surface area contributed by atoms with Gasteiger partial charge in [0.05, 0.1) is 13.2 Å². The van der Waals surface area contributed by atoms with Crippen molar-refractivity contribution in [3.8, 4) is 0 Å². The second-order valence-corrected chi connectivity index (χ2v) is 0.965. The standard InChI is InChI=1S/C6H6O2.9CO.3Ru/c1-3-4-5-6(7)8-2;9*1-2;;;/h3H,1H2,2H3;;;;;;;;;;;;. The molecule has 0 saturated heterocycles. The minimum absolute atomic E-state index is 0. The number of allylic oxidation sites excluding steroid dienone is 2. The third kappa shape index (κ3) is 791. The monoisotopic (exact) mass is 668 g/mol.